The quantitative estimate of drug-likeness (QED) is 0.618. The molecule has 0 aliphatic heterocycles. The third-order valence-electron chi connectivity index (χ3n) is 3.39. The van der Waals surface area contributed by atoms with Crippen LogP contribution in [0.1, 0.15) is 28.5 Å². The first-order chi connectivity index (χ1) is 9.52. The molecular weight excluding hydrogens is 274 g/mol. The van der Waals surface area contributed by atoms with Gasteiger partial charge in [0.05, 0.1) is 7.11 Å². The summed E-state index contributed by atoms with van der Waals surface area (Å²) in [6, 6.07) is 11.8. The van der Waals surface area contributed by atoms with Gasteiger partial charge in [-0.1, -0.05) is 24.3 Å². The number of aryl methyl sites for hydroxylation is 3. The smallest absolute Gasteiger partial charge is 1.00 e. The zero-order valence-corrected chi connectivity index (χ0v) is 14.3. The van der Waals surface area contributed by atoms with E-state index in [1.165, 1.54) is 0 Å². The number of hydrogen-bond donors (Lipinski definition) is 0. The standard InChI is InChI=1S/C17H19O2P.Li.H/c1-11-6-5-7-12(2)16(11)17(18)20-15-9-8-14(19-4)10-13(15)3;;/h5-10,20H,1-4H3;;/q;+1;-1. The van der Waals surface area contributed by atoms with Crippen LogP contribution in [0.25, 0.3) is 0 Å². The minimum atomic E-state index is 0. The maximum atomic E-state index is 12.5. The summed E-state index contributed by atoms with van der Waals surface area (Å²) in [5.74, 6) is 0.829. The Kier molecular flexibility index (Phi) is 6.69. The first kappa shape index (κ1) is 18.0. The van der Waals surface area contributed by atoms with Gasteiger partial charge in [0.25, 0.3) is 0 Å². The van der Waals surface area contributed by atoms with Gasteiger partial charge in [0.2, 0.25) is 0 Å². The fourth-order valence-corrected chi connectivity index (χ4v) is 3.46. The largest absolute Gasteiger partial charge is 1.00 e. The van der Waals surface area contributed by atoms with Crippen molar-refractivity contribution in [3.63, 3.8) is 0 Å². The molecule has 2 aromatic carbocycles. The Hall–Kier alpha value is -1.06. The molecule has 0 amide bonds. The molecule has 1 unspecified atom stereocenters. The van der Waals surface area contributed by atoms with Crippen LogP contribution in [0.4, 0.5) is 0 Å². The van der Waals surface area contributed by atoms with Crippen molar-refractivity contribution in [3.8, 4) is 5.75 Å². The molecule has 0 aliphatic carbocycles. The van der Waals surface area contributed by atoms with Gasteiger partial charge in [-0.2, -0.15) is 0 Å². The predicted octanol–water partition coefficient (Wildman–Crippen LogP) is 0.881. The second kappa shape index (κ2) is 7.81. The van der Waals surface area contributed by atoms with Gasteiger partial charge in [0.1, 0.15) is 5.75 Å². The maximum Gasteiger partial charge on any atom is 1.00 e. The average Bonchev–Trinajstić information content (AvgIpc) is 2.41. The van der Waals surface area contributed by atoms with E-state index >= 15 is 0 Å². The molecule has 0 heterocycles. The Balaban J connectivity index is 0.00000220. The third kappa shape index (κ3) is 4.21. The molecule has 1 atom stereocenters. The molecule has 0 fully saturated rings. The van der Waals surface area contributed by atoms with E-state index in [2.05, 4.69) is 0 Å². The van der Waals surface area contributed by atoms with Crippen molar-refractivity contribution in [2.24, 2.45) is 0 Å². The summed E-state index contributed by atoms with van der Waals surface area (Å²) in [6.45, 7) is 6.00. The van der Waals surface area contributed by atoms with Crippen LogP contribution >= 0.6 is 8.58 Å². The van der Waals surface area contributed by atoms with Crippen molar-refractivity contribution in [3.05, 3.63) is 58.7 Å². The number of carbonyl (C=O) groups excluding carboxylic acids is 1. The minimum Gasteiger partial charge on any atom is -1.00 e. The summed E-state index contributed by atoms with van der Waals surface area (Å²) in [4.78, 5) is 12.5. The zero-order valence-electron chi connectivity index (χ0n) is 14.3. The normalized spacial score (nSPS) is 10.5. The Morgan fingerprint density at radius 3 is 2.19 bits per heavy atom. The fourth-order valence-electron chi connectivity index (χ4n) is 2.26. The van der Waals surface area contributed by atoms with Crippen molar-refractivity contribution in [1.82, 2.24) is 0 Å². The molecule has 0 bridgehead atoms. The third-order valence-corrected chi connectivity index (χ3v) is 4.70. The van der Waals surface area contributed by atoms with E-state index in [4.69, 9.17) is 4.74 Å². The molecule has 2 rings (SSSR count). The Morgan fingerprint density at radius 2 is 1.67 bits per heavy atom. The Labute approximate surface area is 141 Å². The predicted molar refractivity (Wildman–Crippen MR) is 87.0 cm³/mol. The molecule has 0 N–H and O–H groups in total. The van der Waals surface area contributed by atoms with Gasteiger partial charge in [-0.3, -0.25) is 4.79 Å². The van der Waals surface area contributed by atoms with Crippen LogP contribution in [-0.2, 0) is 0 Å². The summed E-state index contributed by atoms with van der Waals surface area (Å²) in [5.41, 5.74) is 4.26. The molecule has 0 saturated heterocycles. The molecule has 2 aromatic rings. The molecule has 4 heteroatoms. The summed E-state index contributed by atoms with van der Waals surface area (Å²) in [7, 11) is 1.80. The van der Waals surface area contributed by atoms with Gasteiger partial charge in [-0.25, -0.2) is 0 Å². The van der Waals surface area contributed by atoms with Crippen molar-refractivity contribution in [2.75, 3.05) is 7.11 Å². The second-order valence-electron chi connectivity index (χ2n) is 4.90. The van der Waals surface area contributed by atoms with Crippen LogP contribution in [0, 0.1) is 20.8 Å². The first-order valence-corrected chi connectivity index (χ1v) is 7.55. The monoisotopic (exact) mass is 294 g/mol. The number of ether oxygens (including phenoxy) is 1. The topological polar surface area (TPSA) is 26.3 Å². The molecule has 0 radical (unpaired) electrons. The Bertz CT molecular complexity index is 639. The van der Waals surface area contributed by atoms with Crippen LogP contribution in [0.3, 0.4) is 0 Å². The van der Waals surface area contributed by atoms with Gasteiger partial charge < -0.3 is 6.16 Å². The van der Waals surface area contributed by atoms with Crippen molar-refractivity contribution in [1.29, 1.82) is 0 Å². The van der Waals surface area contributed by atoms with Gasteiger partial charge in [-0.15, -0.1) is 0 Å². The van der Waals surface area contributed by atoms with E-state index in [0.717, 1.165) is 33.3 Å². The van der Waals surface area contributed by atoms with E-state index in [1.807, 2.05) is 57.2 Å². The van der Waals surface area contributed by atoms with Gasteiger partial charge in [0, 0.05) is 5.56 Å². The number of rotatable bonds is 4. The number of benzene rings is 2. The van der Waals surface area contributed by atoms with Gasteiger partial charge in [0.15, 0.2) is 5.52 Å². The molecule has 0 aromatic heterocycles. The maximum absolute atomic E-state index is 12.5. The summed E-state index contributed by atoms with van der Waals surface area (Å²) < 4.78 is 5.20. The van der Waals surface area contributed by atoms with Gasteiger partial charge >= 0.3 is 18.9 Å². The van der Waals surface area contributed by atoms with E-state index in [1.54, 1.807) is 7.11 Å². The molecule has 106 valence electrons. The molecule has 21 heavy (non-hydrogen) atoms. The minimum absolute atomic E-state index is 0. The first-order valence-electron chi connectivity index (χ1n) is 6.55. The average molecular weight is 294 g/mol. The second-order valence-corrected chi connectivity index (χ2v) is 6.14. The molecule has 2 nitrogen and oxygen atoms in total. The van der Waals surface area contributed by atoms with Crippen molar-refractivity contribution in [2.45, 2.75) is 20.8 Å². The molecule has 0 aliphatic rings. The summed E-state index contributed by atoms with van der Waals surface area (Å²) >= 11 is 0. The van der Waals surface area contributed by atoms with Gasteiger partial charge in [-0.05, 0) is 63.5 Å². The van der Waals surface area contributed by atoms with Crippen LogP contribution in [0.5, 0.6) is 5.75 Å². The van der Waals surface area contributed by atoms with Crippen LogP contribution in [0.2, 0.25) is 0 Å². The molecule has 0 saturated carbocycles. The van der Waals surface area contributed by atoms with E-state index in [-0.39, 0.29) is 34.4 Å². The van der Waals surface area contributed by atoms with Crippen molar-refractivity contribution < 1.29 is 29.8 Å². The van der Waals surface area contributed by atoms with E-state index in [9.17, 15) is 4.79 Å². The number of hydrogen-bond acceptors (Lipinski definition) is 2. The van der Waals surface area contributed by atoms with E-state index in [0.29, 0.717) is 0 Å². The number of carbonyl (C=O) groups is 1. The Morgan fingerprint density at radius 1 is 1.05 bits per heavy atom. The van der Waals surface area contributed by atoms with Crippen molar-refractivity contribution >= 4 is 19.4 Å². The van der Waals surface area contributed by atoms with Crippen LogP contribution in [-0.4, -0.2) is 12.6 Å². The van der Waals surface area contributed by atoms with Crippen LogP contribution in [0.15, 0.2) is 36.4 Å². The number of methoxy groups -OCH3 is 1. The molecule has 0 spiro atoms. The zero-order chi connectivity index (χ0) is 14.7. The summed E-state index contributed by atoms with van der Waals surface area (Å²) in [5, 5.41) is 1.08. The molecular formula is C17H20LiO2P. The van der Waals surface area contributed by atoms with E-state index < -0.39 is 0 Å². The van der Waals surface area contributed by atoms with Crippen LogP contribution < -0.4 is 28.9 Å². The summed E-state index contributed by atoms with van der Waals surface area (Å²) in [6.07, 6.45) is 0. The SMILES string of the molecule is COc1ccc(PC(=O)c2c(C)cccc2C)c(C)c1.[H-].[Li+]. The fraction of sp³-hybridized carbons (Fsp3) is 0.235.